The van der Waals surface area contributed by atoms with E-state index in [2.05, 4.69) is 22.5 Å². The summed E-state index contributed by atoms with van der Waals surface area (Å²) >= 11 is 0. The molecular weight excluding hydrogens is 244 g/mol. The number of anilines is 1. The van der Waals surface area contributed by atoms with Crippen LogP contribution in [0.15, 0.2) is 12.3 Å². The number of hydrogen-bond acceptors (Lipinski definition) is 5. The maximum Gasteiger partial charge on any atom is 0.277 e. The summed E-state index contributed by atoms with van der Waals surface area (Å²) in [6.07, 6.45) is 3.90. The lowest BCUT2D eigenvalue weighted by atomic mass is 9.93. The van der Waals surface area contributed by atoms with Crippen molar-refractivity contribution in [1.82, 2.24) is 10.3 Å². The number of hydrogen-bond donors (Lipinski definition) is 2. The zero-order chi connectivity index (χ0) is 13.8. The van der Waals surface area contributed by atoms with Crippen molar-refractivity contribution in [2.45, 2.75) is 32.7 Å². The van der Waals surface area contributed by atoms with Gasteiger partial charge in [-0.2, -0.15) is 0 Å². The number of nitrogens with zero attached hydrogens (tertiary/aromatic N) is 2. The van der Waals surface area contributed by atoms with E-state index in [0.29, 0.717) is 17.3 Å². The van der Waals surface area contributed by atoms with Crippen LogP contribution in [-0.2, 0) is 0 Å². The molecule has 2 heterocycles. The quantitative estimate of drug-likeness (QED) is 0.643. The lowest BCUT2D eigenvalue weighted by Gasteiger charge is -2.29. The number of nitrogens with one attached hydrogen (secondary N) is 2. The van der Waals surface area contributed by atoms with Crippen molar-refractivity contribution in [3.63, 3.8) is 0 Å². The molecule has 1 saturated heterocycles. The van der Waals surface area contributed by atoms with E-state index in [1.54, 1.807) is 13.1 Å². The van der Waals surface area contributed by atoms with Crippen LogP contribution < -0.4 is 10.6 Å². The molecule has 2 atom stereocenters. The molecule has 1 aromatic rings. The van der Waals surface area contributed by atoms with Gasteiger partial charge in [-0.25, -0.2) is 4.98 Å². The minimum atomic E-state index is -0.366. The molecule has 104 valence electrons. The molecule has 0 spiro atoms. The number of rotatable bonds is 4. The third-order valence-corrected chi connectivity index (χ3v) is 3.69. The molecule has 1 fully saturated rings. The second-order valence-corrected chi connectivity index (χ2v) is 5.15. The molecule has 6 heteroatoms. The molecule has 2 N–H and O–H groups in total. The van der Waals surface area contributed by atoms with Crippen molar-refractivity contribution < 1.29 is 4.92 Å². The van der Waals surface area contributed by atoms with Crippen molar-refractivity contribution in [1.29, 1.82) is 0 Å². The average Bonchev–Trinajstić information content (AvgIpc) is 2.41. The van der Waals surface area contributed by atoms with Crippen LogP contribution in [-0.4, -0.2) is 29.0 Å². The molecule has 6 nitrogen and oxygen atoms in total. The third-order valence-electron chi connectivity index (χ3n) is 3.69. The number of piperidine rings is 1. The van der Waals surface area contributed by atoms with Gasteiger partial charge in [-0.1, -0.05) is 0 Å². The smallest absolute Gasteiger partial charge is 0.277 e. The number of aryl methyl sites for hydroxylation is 1. The van der Waals surface area contributed by atoms with Crippen molar-refractivity contribution in [3.05, 3.63) is 27.9 Å². The highest BCUT2D eigenvalue weighted by atomic mass is 16.6. The van der Waals surface area contributed by atoms with Gasteiger partial charge in [0.25, 0.3) is 5.69 Å². The van der Waals surface area contributed by atoms with Crippen LogP contribution in [0.2, 0.25) is 0 Å². The second-order valence-electron chi connectivity index (χ2n) is 5.15. The van der Waals surface area contributed by atoms with Gasteiger partial charge in [-0.15, -0.1) is 0 Å². The van der Waals surface area contributed by atoms with E-state index in [9.17, 15) is 10.1 Å². The van der Waals surface area contributed by atoms with Crippen molar-refractivity contribution in [3.8, 4) is 0 Å². The number of pyridine rings is 1. The van der Waals surface area contributed by atoms with Crippen molar-refractivity contribution in [2.75, 3.05) is 18.4 Å². The van der Waals surface area contributed by atoms with Crippen molar-refractivity contribution >= 4 is 11.5 Å². The summed E-state index contributed by atoms with van der Waals surface area (Å²) in [5.41, 5.74) is 0.703. The van der Waals surface area contributed by atoms with E-state index in [1.807, 2.05) is 0 Å². The number of aromatic nitrogens is 1. The van der Waals surface area contributed by atoms with Crippen LogP contribution >= 0.6 is 0 Å². The summed E-state index contributed by atoms with van der Waals surface area (Å²) in [6, 6.07) is 1.77. The summed E-state index contributed by atoms with van der Waals surface area (Å²) in [4.78, 5) is 14.8. The predicted octanol–water partition coefficient (Wildman–Crippen LogP) is 2.10. The lowest BCUT2D eigenvalue weighted by Crippen LogP contribution is -2.38. The minimum absolute atomic E-state index is 0.117. The molecule has 19 heavy (non-hydrogen) atoms. The fourth-order valence-electron chi connectivity index (χ4n) is 2.45. The van der Waals surface area contributed by atoms with E-state index in [0.717, 1.165) is 13.1 Å². The monoisotopic (exact) mass is 264 g/mol. The Labute approximate surface area is 112 Å². The Kier molecular flexibility index (Phi) is 4.31. The van der Waals surface area contributed by atoms with Crippen LogP contribution in [0.1, 0.15) is 25.3 Å². The first kappa shape index (κ1) is 13.7. The van der Waals surface area contributed by atoms with Gasteiger partial charge < -0.3 is 10.6 Å². The molecule has 2 unspecified atom stereocenters. The SMILES string of the molecule is Cc1cnc(NC(C)C2CCCNC2)cc1[N+](=O)[O-]. The Balaban J connectivity index is 2.05. The fourth-order valence-corrected chi connectivity index (χ4v) is 2.45. The maximum atomic E-state index is 10.9. The van der Waals surface area contributed by atoms with Gasteiger partial charge in [-0.3, -0.25) is 10.1 Å². The minimum Gasteiger partial charge on any atom is -0.367 e. The summed E-state index contributed by atoms with van der Waals surface area (Å²) in [5.74, 6) is 1.12. The fraction of sp³-hybridized carbons (Fsp3) is 0.615. The van der Waals surface area contributed by atoms with Gasteiger partial charge in [-0.05, 0) is 45.7 Å². The highest BCUT2D eigenvalue weighted by Gasteiger charge is 2.21. The van der Waals surface area contributed by atoms with E-state index in [1.165, 1.54) is 18.9 Å². The van der Waals surface area contributed by atoms with Crippen LogP contribution in [0.25, 0.3) is 0 Å². The first-order valence-electron chi connectivity index (χ1n) is 6.66. The normalized spacial score (nSPS) is 20.8. The Morgan fingerprint density at radius 3 is 3.05 bits per heavy atom. The highest BCUT2D eigenvalue weighted by Crippen LogP contribution is 2.22. The lowest BCUT2D eigenvalue weighted by molar-refractivity contribution is -0.385. The zero-order valence-corrected chi connectivity index (χ0v) is 11.3. The molecular formula is C13H20N4O2. The van der Waals surface area contributed by atoms with Gasteiger partial charge in [0.2, 0.25) is 0 Å². The van der Waals surface area contributed by atoms with Gasteiger partial charge >= 0.3 is 0 Å². The van der Waals surface area contributed by atoms with E-state index >= 15 is 0 Å². The summed E-state index contributed by atoms with van der Waals surface area (Å²) < 4.78 is 0. The van der Waals surface area contributed by atoms with Crippen LogP contribution in [0.4, 0.5) is 11.5 Å². The summed E-state index contributed by atoms with van der Waals surface area (Å²) in [5, 5.41) is 17.6. The van der Waals surface area contributed by atoms with E-state index in [4.69, 9.17) is 0 Å². The van der Waals surface area contributed by atoms with E-state index in [-0.39, 0.29) is 16.7 Å². The topological polar surface area (TPSA) is 80.1 Å². The Bertz CT molecular complexity index is 458. The molecule has 1 aliphatic heterocycles. The number of nitro groups is 1. The summed E-state index contributed by atoms with van der Waals surface area (Å²) in [6.45, 7) is 5.87. The van der Waals surface area contributed by atoms with Gasteiger partial charge in [0.1, 0.15) is 5.82 Å². The standard InChI is InChI=1S/C13H20N4O2/c1-9-7-15-13(6-12(9)17(18)19)16-10(2)11-4-3-5-14-8-11/h6-7,10-11,14H,3-5,8H2,1-2H3,(H,15,16). The van der Waals surface area contributed by atoms with Gasteiger partial charge in [0, 0.05) is 17.8 Å². The maximum absolute atomic E-state index is 10.9. The Morgan fingerprint density at radius 1 is 1.63 bits per heavy atom. The summed E-state index contributed by atoms with van der Waals surface area (Å²) in [7, 11) is 0. The first-order valence-corrected chi connectivity index (χ1v) is 6.66. The highest BCUT2D eigenvalue weighted by molar-refractivity contribution is 5.49. The van der Waals surface area contributed by atoms with Crippen LogP contribution in [0, 0.1) is 23.0 Å². The third kappa shape index (κ3) is 3.41. The first-order chi connectivity index (χ1) is 9.08. The molecule has 2 rings (SSSR count). The molecule has 0 amide bonds. The second kappa shape index (κ2) is 5.97. The Hall–Kier alpha value is -1.69. The molecule has 0 radical (unpaired) electrons. The molecule has 1 aliphatic rings. The predicted molar refractivity (Wildman–Crippen MR) is 74.3 cm³/mol. The van der Waals surface area contributed by atoms with Crippen LogP contribution in [0.3, 0.4) is 0 Å². The molecule has 0 aliphatic carbocycles. The zero-order valence-electron chi connectivity index (χ0n) is 11.3. The van der Waals surface area contributed by atoms with Gasteiger partial charge in [0.15, 0.2) is 0 Å². The van der Waals surface area contributed by atoms with Crippen molar-refractivity contribution in [2.24, 2.45) is 5.92 Å². The molecule has 0 bridgehead atoms. The average molecular weight is 264 g/mol. The molecule has 0 saturated carbocycles. The van der Waals surface area contributed by atoms with Crippen LogP contribution in [0.5, 0.6) is 0 Å². The molecule has 1 aromatic heterocycles. The van der Waals surface area contributed by atoms with E-state index < -0.39 is 0 Å². The molecule has 0 aromatic carbocycles. The Morgan fingerprint density at radius 2 is 2.42 bits per heavy atom. The van der Waals surface area contributed by atoms with Gasteiger partial charge in [0.05, 0.1) is 11.0 Å². The largest absolute Gasteiger partial charge is 0.367 e.